The van der Waals surface area contributed by atoms with Crippen molar-refractivity contribution in [3.8, 4) is 0 Å². The highest BCUT2D eigenvalue weighted by molar-refractivity contribution is 5.94. The molecule has 2 N–H and O–H groups in total. The van der Waals surface area contributed by atoms with Gasteiger partial charge in [-0.2, -0.15) is 0 Å². The summed E-state index contributed by atoms with van der Waals surface area (Å²) in [5.41, 5.74) is 0.573. The fourth-order valence-corrected chi connectivity index (χ4v) is 2.17. The molecule has 1 unspecified atom stereocenters. The van der Waals surface area contributed by atoms with Crippen LogP contribution >= 0.6 is 0 Å². The molecule has 0 saturated heterocycles. The lowest BCUT2D eigenvalue weighted by Crippen LogP contribution is -2.31. The van der Waals surface area contributed by atoms with Gasteiger partial charge in [0, 0.05) is 18.8 Å². The number of hydrogen-bond donors (Lipinski definition) is 2. The first-order chi connectivity index (χ1) is 9.20. The van der Waals surface area contributed by atoms with Crippen LogP contribution in [0.2, 0.25) is 0 Å². The molecule has 1 aliphatic rings. The van der Waals surface area contributed by atoms with Gasteiger partial charge in [0.05, 0.1) is 5.56 Å². The van der Waals surface area contributed by atoms with Crippen molar-refractivity contribution in [2.75, 3.05) is 11.9 Å². The number of amides is 1. The van der Waals surface area contributed by atoms with Crippen LogP contribution in [0.25, 0.3) is 0 Å². The first-order valence-corrected chi connectivity index (χ1v) is 6.82. The number of carbonyl (C=O) groups excluding carboxylic acids is 1. The largest absolute Gasteiger partial charge is 0.367 e. The standard InChI is InChI=1S/C15H21N3O/c1-3-9-16-15(19)13-7-8-14(17-10-13)18-11(2)12-5-4-6-12/h3,7-8,10-12H,1,4-6,9H2,2H3,(H,16,19)(H,17,18). The van der Waals surface area contributed by atoms with Crippen LogP contribution in [0.15, 0.2) is 31.0 Å². The van der Waals surface area contributed by atoms with Crippen molar-refractivity contribution < 1.29 is 4.79 Å². The summed E-state index contributed by atoms with van der Waals surface area (Å²) in [7, 11) is 0. The molecule has 0 aromatic carbocycles. The Bertz CT molecular complexity index is 437. The Hall–Kier alpha value is -1.84. The third kappa shape index (κ3) is 3.56. The smallest absolute Gasteiger partial charge is 0.253 e. The number of nitrogens with one attached hydrogen (secondary N) is 2. The third-order valence-electron chi connectivity index (χ3n) is 3.67. The lowest BCUT2D eigenvalue weighted by atomic mass is 9.80. The van der Waals surface area contributed by atoms with Crippen LogP contribution in [0.4, 0.5) is 5.82 Å². The fraction of sp³-hybridized carbons (Fsp3) is 0.467. The number of hydrogen-bond acceptors (Lipinski definition) is 3. The molecule has 1 aromatic heterocycles. The van der Waals surface area contributed by atoms with Crippen LogP contribution in [-0.4, -0.2) is 23.5 Å². The van der Waals surface area contributed by atoms with E-state index in [9.17, 15) is 4.79 Å². The zero-order chi connectivity index (χ0) is 13.7. The molecular formula is C15H21N3O. The normalized spacial score (nSPS) is 16.3. The maximum atomic E-state index is 11.7. The zero-order valence-corrected chi connectivity index (χ0v) is 11.4. The van der Waals surface area contributed by atoms with Crippen molar-refractivity contribution in [3.63, 3.8) is 0 Å². The van der Waals surface area contributed by atoms with Gasteiger partial charge in [-0.15, -0.1) is 6.58 Å². The Balaban J connectivity index is 1.90. The summed E-state index contributed by atoms with van der Waals surface area (Å²) in [6.07, 6.45) is 7.20. The molecule has 102 valence electrons. The number of aromatic nitrogens is 1. The summed E-state index contributed by atoms with van der Waals surface area (Å²) in [6.45, 7) is 6.22. The second-order valence-electron chi connectivity index (χ2n) is 5.05. The van der Waals surface area contributed by atoms with E-state index in [1.54, 1.807) is 18.3 Å². The molecule has 4 nitrogen and oxygen atoms in total. The van der Waals surface area contributed by atoms with E-state index in [0.717, 1.165) is 11.7 Å². The van der Waals surface area contributed by atoms with Crippen LogP contribution in [-0.2, 0) is 0 Å². The first-order valence-electron chi connectivity index (χ1n) is 6.82. The molecule has 0 bridgehead atoms. The molecule has 0 aliphatic heterocycles. The maximum Gasteiger partial charge on any atom is 0.253 e. The summed E-state index contributed by atoms with van der Waals surface area (Å²) >= 11 is 0. The van der Waals surface area contributed by atoms with Gasteiger partial charge in [-0.3, -0.25) is 4.79 Å². The minimum absolute atomic E-state index is 0.119. The number of rotatable bonds is 6. The molecule has 19 heavy (non-hydrogen) atoms. The Labute approximate surface area is 114 Å². The minimum Gasteiger partial charge on any atom is -0.367 e. The number of carbonyl (C=O) groups is 1. The average Bonchev–Trinajstić information content (AvgIpc) is 2.34. The first kappa shape index (κ1) is 13.6. The van der Waals surface area contributed by atoms with Crippen molar-refractivity contribution in [1.82, 2.24) is 10.3 Å². The van der Waals surface area contributed by atoms with E-state index in [1.807, 2.05) is 6.07 Å². The van der Waals surface area contributed by atoms with Crippen molar-refractivity contribution in [2.45, 2.75) is 32.2 Å². The van der Waals surface area contributed by atoms with Crippen molar-refractivity contribution >= 4 is 11.7 Å². The summed E-state index contributed by atoms with van der Waals surface area (Å²) in [4.78, 5) is 16.0. The van der Waals surface area contributed by atoms with E-state index in [2.05, 4.69) is 29.1 Å². The van der Waals surface area contributed by atoms with Gasteiger partial charge in [-0.05, 0) is 37.8 Å². The highest BCUT2D eigenvalue weighted by Gasteiger charge is 2.23. The molecule has 2 rings (SSSR count). The average molecular weight is 259 g/mol. The molecule has 4 heteroatoms. The van der Waals surface area contributed by atoms with Crippen molar-refractivity contribution in [2.24, 2.45) is 5.92 Å². The third-order valence-corrected chi connectivity index (χ3v) is 3.67. The van der Waals surface area contributed by atoms with E-state index in [0.29, 0.717) is 18.2 Å². The molecule has 0 radical (unpaired) electrons. The second kappa shape index (κ2) is 6.36. The molecule has 1 saturated carbocycles. The molecule has 1 amide bonds. The van der Waals surface area contributed by atoms with E-state index >= 15 is 0 Å². The van der Waals surface area contributed by atoms with Gasteiger partial charge in [0.15, 0.2) is 0 Å². The number of anilines is 1. The molecule has 1 atom stereocenters. The monoisotopic (exact) mass is 259 g/mol. The van der Waals surface area contributed by atoms with Gasteiger partial charge in [-0.1, -0.05) is 12.5 Å². The van der Waals surface area contributed by atoms with Crippen molar-refractivity contribution in [3.05, 3.63) is 36.5 Å². The van der Waals surface area contributed by atoms with Gasteiger partial charge >= 0.3 is 0 Å². The second-order valence-corrected chi connectivity index (χ2v) is 5.05. The van der Waals surface area contributed by atoms with Crippen LogP contribution in [0.1, 0.15) is 36.5 Å². The molecule has 1 heterocycles. The maximum absolute atomic E-state index is 11.7. The quantitative estimate of drug-likeness (QED) is 0.772. The Morgan fingerprint density at radius 2 is 2.37 bits per heavy atom. The fourth-order valence-electron chi connectivity index (χ4n) is 2.17. The Morgan fingerprint density at radius 3 is 2.89 bits per heavy atom. The molecule has 0 spiro atoms. The van der Waals surface area contributed by atoms with Crippen LogP contribution in [0.5, 0.6) is 0 Å². The summed E-state index contributed by atoms with van der Waals surface area (Å²) in [6, 6.07) is 4.10. The SMILES string of the molecule is C=CCNC(=O)c1ccc(NC(C)C2CCC2)nc1. The van der Waals surface area contributed by atoms with Crippen LogP contribution in [0, 0.1) is 5.92 Å². The van der Waals surface area contributed by atoms with Crippen LogP contribution in [0.3, 0.4) is 0 Å². The van der Waals surface area contributed by atoms with Gasteiger partial charge < -0.3 is 10.6 Å². The van der Waals surface area contributed by atoms with Crippen molar-refractivity contribution in [1.29, 1.82) is 0 Å². The van der Waals surface area contributed by atoms with Gasteiger partial charge in [0.25, 0.3) is 5.91 Å². The van der Waals surface area contributed by atoms with E-state index in [4.69, 9.17) is 0 Å². The lowest BCUT2D eigenvalue weighted by molar-refractivity contribution is 0.0957. The topological polar surface area (TPSA) is 54.0 Å². The zero-order valence-electron chi connectivity index (χ0n) is 11.4. The molecule has 1 aliphatic carbocycles. The number of pyridine rings is 1. The predicted molar refractivity (Wildman–Crippen MR) is 77.2 cm³/mol. The lowest BCUT2D eigenvalue weighted by Gasteiger charge is -2.32. The van der Waals surface area contributed by atoms with E-state index in [-0.39, 0.29) is 5.91 Å². The minimum atomic E-state index is -0.119. The number of nitrogens with zero attached hydrogens (tertiary/aromatic N) is 1. The molecular weight excluding hydrogens is 238 g/mol. The van der Waals surface area contributed by atoms with Crippen LogP contribution < -0.4 is 10.6 Å². The Kier molecular flexibility index (Phi) is 4.55. The van der Waals surface area contributed by atoms with Gasteiger partial charge in [0.2, 0.25) is 0 Å². The van der Waals surface area contributed by atoms with Gasteiger partial charge in [-0.25, -0.2) is 4.98 Å². The Morgan fingerprint density at radius 1 is 1.58 bits per heavy atom. The van der Waals surface area contributed by atoms with E-state index in [1.165, 1.54) is 19.3 Å². The molecule has 1 aromatic rings. The highest BCUT2D eigenvalue weighted by Crippen LogP contribution is 2.30. The predicted octanol–water partition coefficient (Wildman–Crippen LogP) is 2.60. The molecule has 1 fully saturated rings. The van der Waals surface area contributed by atoms with E-state index < -0.39 is 0 Å². The highest BCUT2D eigenvalue weighted by atomic mass is 16.1. The summed E-state index contributed by atoms with van der Waals surface area (Å²) in [5.74, 6) is 1.48. The summed E-state index contributed by atoms with van der Waals surface area (Å²) < 4.78 is 0. The van der Waals surface area contributed by atoms with Gasteiger partial charge in [0.1, 0.15) is 5.82 Å². The summed E-state index contributed by atoms with van der Waals surface area (Å²) in [5, 5.41) is 6.12.